The van der Waals surface area contributed by atoms with Gasteiger partial charge >= 0.3 is 11.9 Å². The van der Waals surface area contributed by atoms with Crippen LogP contribution in [0.3, 0.4) is 0 Å². The first-order chi connectivity index (χ1) is 7.95. The van der Waals surface area contributed by atoms with Gasteiger partial charge in [-0.25, -0.2) is 0 Å². The van der Waals surface area contributed by atoms with E-state index in [4.69, 9.17) is 9.47 Å². The first kappa shape index (κ1) is 13.2. The van der Waals surface area contributed by atoms with E-state index in [1.54, 1.807) is 0 Å². The van der Waals surface area contributed by atoms with Gasteiger partial charge in [0.25, 0.3) is 0 Å². The van der Waals surface area contributed by atoms with Crippen molar-refractivity contribution < 1.29 is 23.9 Å². The van der Waals surface area contributed by atoms with Crippen LogP contribution in [-0.4, -0.2) is 41.6 Å². The zero-order valence-corrected chi connectivity index (χ0v) is 9.84. The van der Waals surface area contributed by atoms with E-state index in [1.807, 2.05) is 0 Å². The van der Waals surface area contributed by atoms with E-state index in [1.165, 1.54) is 24.8 Å². The lowest BCUT2D eigenvalue weighted by Crippen LogP contribution is -2.41. The molecule has 1 aliphatic heterocycles. The maximum atomic E-state index is 11.6. The molecule has 1 saturated heterocycles. The number of hydrogen-bond donors (Lipinski definition) is 0. The van der Waals surface area contributed by atoms with Crippen molar-refractivity contribution in [3.8, 4) is 0 Å². The van der Waals surface area contributed by atoms with Gasteiger partial charge in [0, 0.05) is 20.4 Å². The SMILES string of the molecule is C=CCN1C(=O)C[C@@H](OC(C)=O)C1OC(C)=O. The van der Waals surface area contributed by atoms with Crippen molar-refractivity contribution in [2.45, 2.75) is 32.6 Å². The van der Waals surface area contributed by atoms with Gasteiger partial charge < -0.3 is 9.47 Å². The van der Waals surface area contributed by atoms with E-state index >= 15 is 0 Å². The molecule has 0 bridgehead atoms. The fraction of sp³-hybridized carbons (Fsp3) is 0.545. The third kappa shape index (κ3) is 3.30. The molecule has 0 aromatic rings. The summed E-state index contributed by atoms with van der Waals surface area (Å²) in [4.78, 5) is 34.8. The summed E-state index contributed by atoms with van der Waals surface area (Å²) in [5, 5.41) is 0. The number of esters is 2. The van der Waals surface area contributed by atoms with E-state index in [9.17, 15) is 14.4 Å². The van der Waals surface area contributed by atoms with Gasteiger partial charge in [0.2, 0.25) is 12.1 Å². The molecule has 0 aliphatic carbocycles. The van der Waals surface area contributed by atoms with Crippen LogP contribution in [0.15, 0.2) is 12.7 Å². The van der Waals surface area contributed by atoms with Crippen LogP contribution in [0, 0.1) is 0 Å². The molecule has 1 heterocycles. The molecule has 1 fully saturated rings. The fourth-order valence-corrected chi connectivity index (χ4v) is 1.70. The Bertz CT molecular complexity index is 352. The largest absolute Gasteiger partial charge is 0.456 e. The third-order valence-electron chi connectivity index (χ3n) is 2.25. The molecule has 0 spiro atoms. The molecule has 0 aromatic heterocycles. The van der Waals surface area contributed by atoms with Gasteiger partial charge in [-0.05, 0) is 0 Å². The van der Waals surface area contributed by atoms with Crippen LogP contribution in [-0.2, 0) is 23.9 Å². The van der Waals surface area contributed by atoms with Gasteiger partial charge in [-0.3, -0.25) is 19.3 Å². The van der Waals surface area contributed by atoms with Crippen LogP contribution < -0.4 is 0 Å². The second kappa shape index (κ2) is 5.47. The van der Waals surface area contributed by atoms with Crippen molar-refractivity contribution >= 4 is 17.8 Å². The lowest BCUT2D eigenvalue weighted by atomic mass is 10.3. The first-order valence-electron chi connectivity index (χ1n) is 5.20. The molecule has 94 valence electrons. The minimum atomic E-state index is -0.859. The summed E-state index contributed by atoms with van der Waals surface area (Å²) >= 11 is 0. The molecule has 0 aromatic carbocycles. The molecule has 1 rings (SSSR count). The van der Waals surface area contributed by atoms with Gasteiger partial charge in [0.05, 0.1) is 6.42 Å². The van der Waals surface area contributed by atoms with E-state index in [0.29, 0.717) is 0 Å². The summed E-state index contributed by atoms with van der Waals surface area (Å²) < 4.78 is 9.96. The molecule has 1 aliphatic rings. The molecule has 0 radical (unpaired) electrons. The number of amides is 1. The highest BCUT2D eigenvalue weighted by atomic mass is 16.6. The van der Waals surface area contributed by atoms with Crippen molar-refractivity contribution in [2.75, 3.05) is 6.54 Å². The standard InChI is InChI=1S/C11H15NO5/c1-4-5-12-10(15)6-9(16-7(2)13)11(12)17-8(3)14/h4,9,11H,1,5-6H2,2-3H3/t9-,11?/m1/s1. The molecule has 6 heteroatoms. The molecule has 1 unspecified atom stereocenters. The van der Waals surface area contributed by atoms with Crippen molar-refractivity contribution in [1.82, 2.24) is 4.90 Å². The highest BCUT2D eigenvalue weighted by molar-refractivity contribution is 5.81. The normalized spacial score (nSPS) is 23.4. The van der Waals surface area contributed by atoms with Crippen LogP contribution in [0.1, 0.15) is 20.3 Å². The first-order valence-corrected chi connectivity index (χ1v) is 5.20. The zero-order chi connectivity index (χ0) is 13.0. The molecule has 0 saturated carbocycles. The van der Waals surface area contributed by atoms with E-state index in [0.717, 1.165) is 0 Å². The topological polar surface area (TPSA) is 72.9 Å². The van der Waals surface area contributed by atoms with Crippen molar-refractivity contribution in [3.63, 3.8) is 0 Å². The quantitative estimate of drug-likeness (QED) is 0.520. The number of carbonyl (C=O) groups is 3. The Hall–Kier alpha value is -1.85. The number of hydrogen-bond acceptors (Lipinski definition) is 5. The minimum Gasteiger partial charge on any atom is -0.456 e. The second-order valence-corrected chi connectivity index (χ2v) is 3.69. The van der Waals surface area contributed by atoms with Crippen LogP contribution >= 0.6 is 0 Å². The number of ether oxygens (including phenoxy) is 2. The Labute approximate surface area is 99.2 Å². The maximum absolute atomic E-state index is 11.6. The third-order valence-corrected chi connectivity index (χ3v) is 2.25. The lowest BCUT2D eigenvalue weighted by Gasteiger charge is -2.25. The van der Waals surface area contributed by atoms with Gasteiger partial charge in [-0.2, -0.15) is 0 Å². The zero-order valence-electron chi connectivity index (χ0n) is 9.84. The minimum absolute atomic E-state index is 0.0192. The molecule has 2 atom stereocenters. The van der Waals surface area contributed by atoms with Crippen molar-refractivity contribution in [3.05, 3.63) is 12.7 Å². The van der Waals surface area contributed by atoms with E-state index in [-0.39, 0.29) is 18.9 Å². The monoisotopic (exact) mass is 241 g/mol. The van der Waals surface area contributed by atoms with Gasteiger partial charge in [-0.15, -0.1) is 6.58 Å². The van der Waals surface area contributed by atoms with Crippen LogP contribution in [0.5, 0.6) is 0 Å². The molecule has 6 nitrogen and oxygen atoms in total. The van der Waals surface area contributed by atoms with Gasteiger partial charge in [0.1, 0.15) is 0 Å². The van der Waals surface area contributed by atoms with E-state index in [2.05, 4.69) is 6.58 Å². The highest BCUT2D eigenvalue weighted by Crippen LogP contribution is 2.23. The molecular formula is C11H15NO5. The Morgan fingerprint density at radius 3 is 2.47 bits per heavy atom. The smallest absolute Gasteiger partial charge is 0.304 e. The maximum Gasteiger partial charge on any atom is 0.304 e. The Balaban J connectivity index is 2.83. The predicted molar refractivity (Wildman–Crippen MR) is 57.6 cm³/mol. The Kier molecular flexibility index (Phi) is 4.25. The average molecular weight is 241 g/mol. The molecule has 0 N–H and O–H groups in total. The van der Waals surface area contributed by atoms with Crippen LogP contribution in [0.4, 0.5) is 0 Å². The Morgan fingerprint density at radius 1 is 1.41 bits per heavy atom. The highest BCUT2D eigenvalue weighted by Gasteiger charge is 2.43. The summed E-state index contributed by atoms with van der Waals surface area (Å²) in [6, 6.07) is 0. The van der Waals surface area contributed by atoms with Crippen molar-refractivity contribution in [1.29, 1.82) is 0 Å². The summed E-state index contributed by atoms with van der Waals surface area (Å²) in [5.41, 5.74) is 0. The summed E-state index contributed by atoms with van der Waals surface area (Å²) in [5.74, 6) is -1.28. The number of carbonyl (C=O) groups excluding carboxylic acids is 3. The van der Waals surface area contributed by atoms with Crippen LogP contribution in [0.2, 0.25) is 0 Å². The number of nitrogens with zero attached hydrogens (tertiary/aromatic N) is 1. The van der Waals surface area contributed by atoms with E-state index < -0.39 is 24.3 Å². The van der Waals surface area contributed by atoms with Gasteiger partial charge in [-0.1, -0.05) is 6.08 Å². The molecule has 1 amide bonds. The fourth-order valence-electron chi connectivity index (χ4n) is 1.70. The molecule has 17 heavy (non-hydrogen) atoms. The second-order valence-electron chi connectivity index (χ2n) is 3.69. The number of likely N-dealkylation sites (tertiary alicyclic amines) is 1. The summed E-state index contributed by atoms with van der Waals surface area (Å²) in [6.45, 7) is 6.24. The number of rotatable bonds is 4. The van der Waals surface area contributed by atoms with Crippen LogP contribution in [0.25, 0.3) is 0 Å². The predicted octanol–water partition coefficient (Wildman–Crippen LogP) is 0.226. The average Bonchev–Trinajstić information content (AvgIpc) is 2.45. The van der Waals surface area contributed by atoms with Crippen molar-refractivity contribution in [2.24, 2.45) is 0 Å². The lowest BCUT2D eigenvalue weighted by molar-refractivity contribution is -0.173. The van der Waals surface area contributed by atoms with Gasteiger partial charge in [0.15, 0.2) is 6.10 Å². The summed E-state index contributed by atoms with van der Waals surface area (Å²) in [7, 11) is 0. The Morgan fingerprint density at radius 2 is 2.00 bits per heavy atom. The molecular weight excluding hydrogens is 226 g/mol. The summed E-state index contributed by atoms with van der Waals surface area (Å²) in [6.07, 6.45) is -0.0682.